The molecule has 140 valence electrons. The van der Waals surface area contributed by atoms with E-state index in [1.807, 2.05) is 42.5 Å². The van der Waals surface area contributed by atoms with Crippen LogP contribution in [0.3, 0.4) is 0 Å². The second kappa shape index (κ2) is 7.95. The molecule has 0 spiro atoms. The monoisotopic (exact) mass is 454 g/mol. The first-order valence-electron chi connectivity index (χ1n) is 8.36. The van der Waals surface area contributed by atoms with Gasteiger partial charge in [-0.3, -0.25) is 4.79 Å². The van der Waals surface area contributed by atoms with Crippen LogP contribution in [-0.4, -0.2) is 23.4 Å². The molecule has 4 rings (SSSR count). The van der Waals surface area contributed by atoms with E-state index in [-0.39, 0.29) is 0 Å². The molecule has 0 fully saturated rings. The highest BCUT2D eigenvalue weighted by Crippen LogP contribution is 2.32. The fraction of sp³-hybridized carbons (Fsp3) is 0.0500. The molecule has 4 aromatic rings. The first-order valence-corrected chi connectivity index (χ1v) is 9.97. The Morgan fingerprint density at radius 1 is 1.11 bits per heavy atom. The van der Waals surface area contributed by atoms with Crippen molar-refractivity contribution in [2.75, 3.05) is 17.3 Å². The van der Waals surface area contributed by atoms with E-state index in [1.165, 1.54) is 4.90 Å². The molecule has 0 unspecified atom stereocenters. The molecular weight excluding hydrogens is 440 g/mol. The predicted molar refractivity (Wildman–Crippen MR) is 116 cm³/mol. The summed E-state index contributed by atoms with van der Waals surface area (Å²) >= 11 is 5.01. The highest BCUT2D eigenvalue weighted by Gasteiger charge is 2.08. The zero-order valence-corrected chi connectivity index (χ0v) is 17.2. The van der Waals surface area contributed by atoms with Gasteiger partial charge in [-0.1, -0.05) is 27.3 Å². The highest BCUT2D eigenvalue weighted by atomic mass is 79.9. The van der Waals surface area contributed by atoms with Crippen molar-refractivity contribution in [3.05, 3.63) is 65.3 Å². The van der Waals surface area contributed by atoms with E-state index < -0.39 is 0 Å². The number of halogens is 1. The number of aromatic nitrogens is 2. The molecule has 2 aromatic carbocycles. The first-order chi connectivity index (χ1) is 13.6. The van der Waals surface area contributed by atoms with Crippen molar-refractivity contribution in [1.82, 2.24) is 9.97 Å². The first kappa shape index (κ1) is 18.4. The lowest BCUT2D eigenvalue weighted by atomic mass is 10.3. The molecule has 0 saturated heterocycles. The molecule has 0 atom stereocenters. The number of anilines is 3. The topological polar surface area (TPSA) is 67.3 Å². The van der Waals surface area contributed by atoms with Gasteiger partial charge in [-0.15, -0.1) is 0 Å². The summed E-state index contributed by atoms with van der Waals surface area (Å²) in [5.74, 6) is 1.78. The van der Waals surface area contributed by atoms with Gasteiger partial charge in [0.05, 0.1) is 10.2 Å². The number of nitrogens with one attached hydrogen (secondary N) is 1. The maximum absolute atomic E-state index is 10.9. The smallest absolute Gasteiger partial charge is 0.215 e. The minimum Gasteiger partial charge on any atom is -0.457 e. The van der Waals surface area contributed by atoms with Crippen LogP contribution in [-0.2, 0) is 4.79 Å². The van der Waals surface area contributed by atoms with Crippen LogP contribution >= 0.6 is 27.3 Å². The second-order valence-electron chi connectivity index (χ2n) is 5.95. The Hall–Kier alpha value is -2.97. The molecule has 0 aliphatic rings. The normalized spacial score (nSPS) is 10.6. The van der Waals surface area contributed by atoms with Crippen molar-refractivity contribution in [1.29, 1.82) is 0 Å². The van der Waals surface area contributed by atoms with Crippen LogP contribution in [0, 0.1) is 0 Å². The quantitative estimate of drug-likeness (QED) is 0.385. The number of carbonyl (C=O) groups is 1. The SMILES string of the molecule is CN(C=O)c1cc(Oc2ccc3sc(Nc4ccc(Br)cc4)nc3c2)ccn1. The molecule has 2 aromatic heterocycles. The number of carbonyl (C=O) groups excluding carboxylic acids is 1. The number of hydrogen-bond donors (Lipinski definition) is 1. The Morgan fingerprint density at radius 2 is 1.89 bits per heavy atom. The number of amides is 1. The predicted octanol–water partition coefficient (Wildman–Crippen LogP) is 5.58. The van der Waals surface area contributed by atoms with Crippen molar-refractivity contribution in [3.63, 3.8) is 0 Å². The number of fused-ring (bicyclic) bond motifs is 1. The molecule has 0 saturated carbocycles. The van der Waals surface area contributed by atoms with Crippen molar-refractivity contribution >= 4 is 60.5 Å². The van der Waals surface area contributed by atoms with Gasteiger partial charge < -0.3 is 15.0 Å². The summed E-state index contributed by atoms with van der Waals surface area (Å²) in [5.41, 5.74) is 1.82. The summed E-state index contributed by atoms with van der Waals surface area (Å²) < 4.78 is 8.01. The molecule has 1 N–H and O–H groups in total. The summed E-state index contributed by atoms with van der Waals surface area (Å²) in [5, 5.41) is 4.13. The number of rotatable bonds is 6. The van der Waals surface area contributed by atoms with Crippen LogP contribution in [0.25, 0.3) is 10.2 Å². The average molecular weight is 455 g/mol. The number of pyridine rings is 1. The van der Waals surface area contributed by atoms with E-state index >= 15 is 0 Å². The van der Waals surface area contributed by atoms with Crippen LogP contribution in [0.5, 0.6) is 11.5 Å². The van der Waals surface area contributed by atoms with Gasteiger partial charge in [0.1, 0.15) is 17.3 Å². The van der Waals surface area contributed by atoms with Gasteiger partial charge in [0.25, 0.3) is 0 Å². The zero-order chi connectivity index (χ0) is 19.5. The third-order valence-electron chi connectivity index (χ3n) is 3.93. The largest absolute Gasteiger partial charge is 0.457 e. The highest BCUT2D eigenvalue weighted by molar-refractivity contribution is 9.10. The molecular formula is C20H15BrN4O2S. The van der Waals surface area contributed by atoms with Gasteiger partial charge in [-0.05, 0) is 42.5 Å². The van der Waals surface area contributed by atoms with Gasteiger partial charge in [0, 0.05) is 35.5 Å². The minimum absolute atomic E-state index is 0.517. The van der Waals surface area contributed by atoms with Crippen LogP contribution in [0.4, 0.5) is 16.6 Å². The molecule has 6 nitrogen and oxygen atoms in total. The lowest BCUT2D eigenvalue weighted by molar-refractivity contribution is -0.107. The second-order valence-corrected chi connectivity index (χ2v) is 7.89. The van der Waals surface area contributed by atoms with E-state index in [9.17, 15) is 4.79 Å². The number of ether oxygens (including phenoxy) is 1. The molecule has 1 amide bonds. The van der Waals surface area contributed by atoms with Crippen molar-refractivity contribution < 1.29 is 9.53 Å². The maximum Gasteiger partial charge on any atom is 0.215 e. The molecule has 0 aliphatic heterocycles. The number of nitrogens with zero attached hydrogens (tertiary/aromatic N) is 3. The molecule has 0 radical (unpaired) electrons. The lowest BCUT2D eigenvalue weighted by Gasteiger charge is -2.11. The lowest BCUT2D eigenvalue weighted by Crippen LogP contribution is -2.14. The Kier molecular flexibility index (Phi) is 5.23. The van der Waals surface area contributed by atoms with E-state index in [4.69, 9.17) is 4.74 Å². The Labute approximate surface area is 173 Å². The Balaban J connectivity index is 1.55. The molecule has 8 heteroatoms. The van der Waals surface area contributed by atoms with Gasteiger partial charge in [-0.25, -0.2) is 9.97 Å². The number of hydrogen-bond acceptors (Lipinski definition) is 6. The average Bonchev–Trinajstić information content (AvgIpc) is 3.11. The minimum atomic E-state index is 0.517. The van der Waals surface area contributed by atoms with Crippen LogP contribution in [0.1, 0.15) is 0 Å². The summed E-state index contributed by atoms with van der Waals surface area (Å²) in [4.78, 5) is 21.1. The third kappa shape index (κ3) is 4.13. The summed E-state index contributed by atoms with van der Waals surface area (Å²) in [6.07, 6.45) is 2.31. The van der Waals surface area contributed by atoms with E-state index in [2.05, 4.69) is 31.2 Å². The number of thiazole rings is 1. The summed E-state index contributed by atoms with van der Waals surface area (Å²) in [7, 11) is 1.64. The van der Waals surface area contributed by atoms with Crippen molar-refractivity contribution in [3.8, 4) is 11.5 Å². The molecule has 2 heterocycles. The van der Waals surface area contributed by atoms with Crippen LogP contribution in [0.15, 0.2) is 65.3 Å². The van der Waals surface area contributed by atoms with E-state index in [0.29, 0.717) is 23.7 Å². The standard InChI is InChI=1S/C20H15BrN4O2S/c1-25(12-26)19-11-16(8-9-22-19)27-15-6-7-18-17(10-15)24-20(28-18)23-14-4-2-13(21)3-5-14/h2-12H,1H3,(H,23,24). The van der Waals surface area contributed by atoms with Gasteiger partial charge in [-0.2, -0.15) is 0 Å². The van der Waals surface area contributed by atoms with Gasteiger partial charge >= 0.3 is 0 Å². The maximum atomic E-state index is 10.9. The fourth-order valence-corrected chi connectivity index (χ4v) is 3.66. The fourth-order valence-electron chi connectivity index (χ4n) is 2.53. The zero-order valence-electron chi connectivity index (χ0n) is 14.8. The van der Waals surface area contributed by atoms with Crippen molar-refractivity contribution in [2.24, 2.45) is 0 Å². The number of benzene rings is 2. The Bertz CT molecular complexity index is 1130. The molecule has 0 aliphatic carbocycles. The molecule has 28 heavy (non-hydrogen) atoms. The van der Waals surface area contributed by atoms with E-state index in [0.717, 1.165) is 25.5 Å². The molecule has 0 bridgehead atoms. The van der Waals surface area contributed by atoms with Crippen LogP contribution < -0.4 is 15.0 Å². The third-order valence-corrected chi connectivity index (χ3v) is 5.41. The van der Waals surface area contributed by atoms with Gasteiger partial charge in [0.15, 0.2) is 5.13 Å². The van der Waals surface area contributed by atoms with Crippen molar-refractivity contribution in [2.45, 2.75) is 0 Å². The van der Waals surface area contributed by atoms with Crippen LogP contribution in [0.2, 0.25) is 0 Å². The summed E-state index contributed by atoms with van der Waals surface area (Å²) in [6, 6.07) is 17.2. The van der Waals surface area contributed by atoms with E-state index in [1.54, 1.807) is 36.7 Å². The Morgan fingerprint density at radius 3 is 2.68 bits per heavy atom. The van der Waals surface area contributed by atoms with Gasteiger partial charge in [0.2, 0.25) is 6.41 Å². The summed E-state index contributed by atoms with van der Waals surface area (Å²) in [6.45, 7) is 0.